The molecule has 0 spiro atoms. The van der Waals surface area contributed by atoms with Crippen LogP contribution in [0.15, 0.2) is 42.7 Å². The minimum atomic E-state index is -1.16. The Kier molecular flexibility index (Phi) is 4.28. The summed E-state index contributed by atoms with van der Waals surface area (Å²) >= 11 is 0. The zero-order chi connectivity index (χ0) is 22.7. The second kappa shape index (κ2) is 7.22. The molecule has 2 fully saturated rings. The molecule has 168 valence electrons. The lowest BCUT2D eigenvalue weighted by Crippen LogP contribution is -2.45. The van der Waals surface area contributed by atoms with Gasteiger partial charge in [0, 0.05) is 12.0 Å². The smallest absolute Gasteiger partial charge is 0.225 e. The van der Waals surface area contributed by atoms with Crippen molar-refractivity contribution in [3.63, 3.8) is 0 Å². The number of alkyl halides is 1. The highest BCUT2D eigenvalue weighted by atomic mass is 19.1. The van der Waals surface area contributed by atoms with Crippen molar-refractivity contribution in [1.82, 2.24) is 34.9 Å². The Morgan fingerprint density at radius 2 is 2.06 bits per heavy atom. The van der Waals surface area contributed by atoms with E-state index in [1.807, 2.05) is 0 Å². The molecule has 3 atom stereocenters. The number of nitrogens with one attached hydrogen (secondary N) is 1. The maximum Gasteiger partial charge on any atom is 0.225 e. The van der Waals surface area contributed by atoms with Gasteiger partial charge in [-0.1, -0.05) is 5.21 Å². The highest BCUT2D eigenvalue weighted by Gasteiger charge is 2.36. The molecule has 2 aliphatic rings. The molecule has 5 heterocycles. The number of imidazole rings is 1. The highest BCUT2D eigenvalue weighted by Crippen LogP contribution is 2.40. The average Bonchev–Trinajstić information content (AvgIpc) is 3.50. The molecule has 2 saturated heterocycles. The van der Waals surface area contributed by atoms with E-state index in [2.05, 4.69) is 25.7 Å². The number of fused-ring (bicyclic) bond motifs is 1. The van der Waals surface area contributed by atoms with Gasteiger partial charge in [-0.05, 0) is 30.3 Å². The van der Waals surface area contributed by atoms with E-state index in [9.17, 15) is 18.7 Å². The molecule has 1 aromatic carbocycles. The molecule has 0 radical (unpaired) electrons. The van der Waals surface area contributed by atoms with Crippen LogP contribution in [0.4, 0.5) is 14.6 Å². The fourth-order valence-corrected chi connectivity index (χ4v) is 4.36. The Hall–Kier alpha value is -4.09. The zero-order valence-corrected chi connectivity index (χ0v) is 17.1. The molecule has 0 saturated carbocycles. The monoisotopic (exact) mass is 452 g/mol. The molecule has 1 amide bonds. The van der Waals surface area contributed by atoms with Crippen molar-refractivity contribution >= 4 is 17.4 Å². The van der Waals surface area contributed by atoms with E-state index in [4.69, 9.17) is 0 Å². The molecule has 1 unspecified atom stereocenters. The largest absolute Gasteiger partial charge is 0.508 e. The van der Waals surface area contributed by atoms with Gasteiger partial charge in [-0.25, -0.2) is 23.0 Å². The number of aromatic nitrogens is 6. The first-order valence-corrected chi connectivity index (χ1v) is 10.4. The number of aromatic hydroxyl groups is 1. The molecule has 0 aliphatic carbocycles. The summed E-state index contributed by atoms with van der Waals surface area (Å²) in [5, 5.41) is 25.9. The molecule has 4 aromatic rings. The van der Waals surface area contributed by atoms with Crippen LogP contribution in [0.2, 0.25) is 0 Å². The van der Waals surface area contributed by atoms with E-state index in [1.54, 1.807) is 38.6 Å². The van der Waals surface area contributed by atoms with Crippen LogP contribution in [0.1, 0.15) is 30.6 Å². The third kappa shape index (κ3) is 3.25. The van der Waals surface area contributed by atoms with E-state index < -0.39 is 18.0 Å². The van der Waals surface area contributed by atoms with Gasteiger partial charge in [-0.3, -0.25) is 4.79 Å². The first kappa shape index (κ1) is 19.6. The van der Waals surface area contributed by atoms with Gasteiger partial charge in [0.15, 0.2) is 5.65 Å². The number of anilines is 1. The van der Waals surface area contributed by atoms with Gasteiger partial charge in [0.05, 0.1) is 31.4 Å². The molecule has 10 nitrogen and oxygen atoms in total. The summed E-state index contributed by atoms with van der Waals surface area (Å²) in [6, 6.07) is 6.55. The van der Waals surface area contributed by atoms with Gasteiger partial charge in [-0.15, -0.1) is 10.2 Å². The van der Waals surface area contributed by atoms with Gasteiger partial charge in [0.1, 0.15) is 41.1 Å². The van der Waals surface area contributed by atoms with Crippen LogP contribution in [0, 0.1) is 5.82 Å². The van der Waals surface area contributed by atoms with Crippen LogP contribution in [0.25, 0.3) is 17.0 Å². The number of nitrogens with zero attached hydrogens (tertiary/aromatic N) is 7. The summed E-state index contributed by atoms with van der Waals surface area (Å²) in [5.41, 5.74) is 1.96. The summed E-state index contributed by atoms with van der Waals surface area (Å²) < 4.78 is 31.5. The third-order valence-corrected chi connectivity index (χ3v) is 6.04. The molecule has 3 aromatic heterocycles. The maximum atomic E-state index is 14.5. The molecule has 33 heavy (non-hydrogen) atoms. The topological polar surface area (TPSA) is 113 Å². The molecular weight excluding hydrogens is 434 g/mol. The average molecular weight is 452 g/mol. The lowest BCUT2D eigenvalue weighted by Gasteiger charge is -2.26. The number of rotatable bonds is 4. The molecular formula is C21H18F2N8O2. The number of carbonyl (C=O) groups excluding carboxylic acids is 1. The lowest BCUT2D eigenvalue weighted by molar-refractivity contribution is -0.130. The minimum Gasteiger partial charge on any atom is -0.508 e. The Morgan fingerprint density at radius 3 is 2.88 bits per heavy atom. The fraction of sp³-hybridized carbons (Fsp3) is 0.286. The SMILES string of the molecule is O=C1CC(n2cc(-c3cnc4ccc(N5C[C@@H](F)C[C@@H]5c5cc(F)ccc5O)nn34)nn2)N1. The molecule has 6 rings (SSSR count). The van der Waals surface area contributed by atoms with Crippen LogP contribution in [-0.4, -0.2) is 53.3 Å². The number of amides is 1. The molecule has 2 N–H and O–H groups in total. The van der Waals surface area contributed by atoms with Crippen LogP contribution in [0.5, 0.6) is 5.75 Å². The number of hydrogen-bond acceptors (Lipinski definition) is 7. The number of carbonyl (C=O) groups is 1. The minimum absolute atomic E-state index is 0.0474. The van der Waals surface area contributed by atoms with Crippen molar-refractivity contribution in [3.05, 3.63) is 54.1 Å². The standard InChI is InChI=1S/C21H18F2N8O2/c22-11-1-2-17(32)13(5-11)15-6-12(23)9-29(15)19-4-3-18-24-8-16(31(18)27-19)14-10-30(28-26-14)20-7-21(33)25-20/h1-5,8,10,12,15,20,32H,6-7,9H2,(H,25,33)/t12-,15+,20?/m0/s1. The summed E-state index contributed by atoms with van der Waals surface area (Å²) in [6.07, 6.45) is 2.36. The van der Waals surface area contributed by atoms with Crippen molar-refractivity contribution in [2.24, 2.45) is 0 Å². The van der Waals surface area contributed by atoms with Gasteiger partial charge in [0.25, 0.3) is 0 Å². The summed E-state index contributed by atoms with van der Waals surface area (Å²) in [7, 11) is 0. The predicted octanol–water partition coefficient (Wildman–Crippen LogP) is 2.14. The maximum absolute atomic E-state index is 14.5. The van der Waals surface area contributed by atoms with Gasteiger partial charge in [0.2, 0.25) is 5.91 Å². The van der Waals surface area contributed by atoms with E-state index in [-0.39, 0.29) is 30.8 Å². The molecule has 0 bridgehead atoms. The summed E-state index contributed by atoms with van der Waals surface area (Å²) in [6.45, 7) is 0.0563. The lowest BCUT2D eigenvalue weighted by atomic mass is 10.0. The molecule has 12 heteroatoms. The first-order valence-electron chi connectivity index (χ1n) is 10.4. The predicted molar refractivity (Wildman–Crippen MR) is 111 cm³/mol. The second-order valence-corrected chi connectivity index (χ2v) is 8.18. The fourth-order valence-electron chi connectivity index (χ4n) is 4.36. The van der Waals surface area contributed by atoms with Crippen LogP contribution in [-0.2, 0) is 4.79 Å². The highest BCUT2D eigenvalue weighted by molar-refractivity contribution is 5.82. The van der Waals surface area contributed by atoms with E-state index in [1.165, 1.54) is 12.1 Å². The molecule has 2 aliphatic heterocycles. The van der Waals surface area contributed by atoms with Crippen molar-refractivity contribution in [2.75, 3.05) is 11.4 Å². The van der Waals surface area contributed by atoms with Crippen molar-refractivity contribution in [3.8, 4) is 17.1 Å². The van der Waals surface area contributed by atoms with Gasteiger partial charge in [-0.2, -0.15) is 0 Å². The number of phenols is 1. The van der Waals surface area contributed by atoms with Crippen LogP contribution >= 0.6 is 0 Å². The number of benzene rings is 1. The normalized spacial score (nSPS) is 22.5. The van der Waals surface area contributed by atoms with E-state index in [0.29, 0.717) is 34.8 Å². The van der Waals surface area contributed by atoms with E-state index in [0.717, 1.165) is 6.07 Å². The van der Waals surface area contributed by atoms with Crippen molar-refractivity contribution < 1.29 is 18.7 Å². The Balaban J connectivity index is 1.37. The van der Waals surface area contributed by atoms with Crippen LogP contribution < -0.4 is 10.2 Å². The summed E-state index contributed by atoms with van der Waals surface area (Å²) in [4.78, 5) is 17.2. The number of hydrogen-bond donors (Lipinski definition) is 2. The van der Waals surface area contributed by atoms with Crippen molar-refractivity contribution in [1.29, 1.82) is 0 Å². The van der Waals surface area contributed by atoms with E-state index >= 15 is 0 Å². The number of β-lactam (4-membered cyclic amide) rings is 1. The Bertz CT molecular complexity index is 1380. The second-order valence-electron chi connectivity index (χ2n) is 8.18. The van der Waals surface area contributed by atoms with Gasteiger partial charge >= 0.3 is 0 Å². The first-order chi connectivity index (χ1) is 16.0. The van der Waals surface area contributed by atoms with Crippen molar-refractivity contribution in [2.45, 2.75) is 31.2 Å². The van der Waals surface area contributed by atoms with Crippen LogP contribution in [0.3, 0.4) is 0 Å². The quantitative estimate of drug-likeness (QED) is 0.456. The zero-order valence-electron chi connectivity index (χ0n) is 17.1. The van der Waals surface area contributed by atoms with Gasteiger partial charge < -0.3 is 15.3 Å². The number of halogens is 2. The number of phenolic OH excluding ortho intramolecular Hbond substituents is 1. The third-order valence-electron chi connectivity index (χ3n) is 6.04. The Labute approximate surface area is 185 Å². The Morgan fingerprint density at radius 1 is 1.21 bits per heavy atom. The summed E-state index contributed by atoms with van der Waals surface area (Å²) in [5.74, 6) is -0.191.